The molecule has 0 aliphatic carbocycles. The molecule has 0 saturated carbocycles. The summed E-state index contributed by atoms with van der Waals surface area (Å²) in [4.78, 5) is 46.0. The highest BCUT2D eigenvalue weighted by molar-refractivity contribution is 5.68. The third kappa shape index (κ3) is 8.39. The quantitative estimate of drug-likeness (QED) is 0.128. The maximum absolute atomic E-state index is 11.6. The lowest BCUT2D eigenvalue weighted by Gasteiger charge is -2.44. The van der Waals surface area contributed by atoms with Crippen molar-refractivity contribution in [1.82, 2.24) is 5.43 Å². The third-order valence-corrected chi connectivity index (χ3v) is 3.54. The maximum Gasteiger partial charge on any atom is 0.303 e. The molecular formula is C16H25N3O10. The number of esters is 4. The van der Waals surface area contributed by atoms with Crippen LogP contribution < -0.4 is 10.6 Å². The van der Waals surface area contributed by atoms with Gasteiger partial charge in [-0.25, -0.2) is 0 Å². The van der Waals surface area contributed by atoms with Gasteiger partial charge in [0, 0.05) is 34.2 Å². The lowest BCUT2D eigenvalue weighted by atomic mass is 9.98. The summed E-state index contributed by atoms with van der Waals surface area (Å²) < 4.78 is 31.8. The highest BCUT2D eigenvalue weighted by Gasteiger charge is 2.52. The second-order valence-corrected chi connectivity index (χ2v) is 5.98. The van der Waals surface area contributed by atoms with Crippen LogP contribution in [0.1, 0.15) is 27.7 Å². The molecule has 0 aromatic carbocycles. The van der Waals surface area contributed by atoms with Gasteiger partial charge in [-0.05, 0) is 0 Å². The van der Waals surface area contributed by atoms with Crippen LogP contribution in [0.15, 0.2) is 0 Å². The van der Waals surface area contributed by atoms with Gasteiger partial charge in [0.25, 0.3) is 0 Å². The zero-order valence-corrected chi connectivity index (χ0v) is 16.5. The molecule has 164 valence electrons. The summed E-state index contributed by atoms with van der Waals surface area (Å²) in [7, 11) is 0. The molecule has 1 aliphatic rings. The van der Waals surface area contributed by atoms with E-state index in [0.29, 0.717) is 0 Å². The molecule has 1 fully saturated rings. The SMILES string of the molecule is CC(=O)OC[C@@H]1O[C@@H](OCCN[NH+]=[N-])[C@@H](OC(C)=O)[C@H](OC(C)=O)[C@H]1OC(C)=O. The Hall–Kier alpha value is -2.80. The van der Waals surface area contributed by atoms with Crippen LogP contribution in [0.25, 0.3) is 5.53 Å². The van der Waals surface area contributed by atoms with E-state index in [9.17, 15) is 19.2 Å². The van der Waals surface area contributed by atoms with Crippen molar-refractivity contribution >= 4 is 23.9 Å². The first-order valence-electron chi connectivity index (χ1n) is 8.69. The molecule has 1 heterocycles. The summed E-state index contributed by atoms with van der Waals surface area (Å²) in [6.45, 7) is 4.32. The van der Waals surface area contributed by atoms with Crippen molar-refractivity contribution in [2.24, 2.45) is 0 Å². The van der Waals surface area contributed by atoms with E-state index >= 15 is 0 Å². The normalized spacial score (nSPS) is 26.0. The number of carbonyl (C=O) groups excluding carboxylic acids is 4. The van der Waals surface area contributed by atoms with Crippen LogP contribution in [0, 0.1) is 0 Å². The molecule has 1 aliphatic heterocycles. The Labute approximate surface area is 166 Å². The van der Waals surface area contributed by atoms with Crippen molar-refractivity contribution in [3.05, 3.63) is 5.53 Å². The van der Waals surface area contributed by atoms with Gasteiger partial charge in [-0.3, -0.25) is 24.6 Å². The van der Waals surface area contributed by atoms with E-state index in [0.717, 1.165) is 20.8 Å². The molecule has 1 rings (SSSR count). The molecular weight excluding hydrogens is 394 g/mol. The summed E-state index contributed by atoms with van der Waals surface area (Å²) >= 11 is 0. The fourth-order valence-electron chi connectivity index (χ4n) is 2.60. The van der Waals surface area contributed by atoms with Crippen molar-refractivity contribution in [1.29, 1.82) is 0 Å². The Kier molecular flexibility index (Phi) is 9.96. The maximum atomic E-state index is 11.6. The largest absolute Gasteiger partial charge is 0.463 e. The molecule has 0 unspecified atom stereocenters. The van der Waals surface area contributed by atoms with E-state index in [4.69, 9.17) is 34.0 Å². The number of rotatable bonds is 10. The van der Waals surface area contributed by atoms with E-state index < -0.39 is 54.6 Å². The monoisotopic (exact) mass is 419 g/mol. The van der Waals surface area contributed by atoms with Gasteiger partial charge in [0.15, 0.2) is 24.6 Å². The molecule has 0 aromatic heterocycles. The standard InChI is InChI=1S/C16H25N3O10/c1-8(20)25-7-12-13(26-9(2)21)14(27-10(3)22)15(28-11(4)23)16(29-12)24-6-5-18-19-17/h12-16,19H,5-7H2,1-4H3,(H-,17,18)/t12-,13-,14+,15-,16+/m0/s1. The minimum atomic E-state index is -1.29. The average molecular weight is 419 g/mol. The lowest BCUT2D eigenvalue weighted by Crippen LogP contribution is -2.76. The highest BCUT2D eigenvalue weighted by Crippen LogP contribution is 2.29. The van der Waals surface area contributed by atoms with Crippen LogP contribution in [0.3, 0.4) is 0 Å². The van der Waals surface area contributed by atoms with Gasteiger partial charge >= 0.3 is 23.9 Å². The van der Waals surface area contributed by atoms with Gasteiger partial charge in [0.2, 0.25) is 0 Å². The number of nitrogens with zero attached hydrogens (tertiary/aromatic N) is 1. The molecule has 0 bridgehead atoms. The van der Waals surface area contributed by atoms with Gasteiger partial charge in [0.1, 0.15) is 12.7 Å². The molecule has 0 amide bonds. The molecule has 0 spiro atoms. The lowest BCUT2D eigenvalue weighted by molar-refractivity contribution is -0.549. The van der Waals surface area contributed by atoms with Gasteiger partial charge < -0.3 is 28.4 Å². The fraction of sp³-hybridized carbons (Fsp3) is 0.750. The van der Waals surface area contributed by atoms with Crippen molar-refractivity contribution in [3.63, 3.8) is 0 Å². The number of nitrogens with one attached hydrogen (secondary N) is 2. The van der Waals surface area contributed by atoms with Crippen LogP contribution >= 0.6 is 0 Å². The summed E-state index contributed by atoms with van der Waals surface area (Å²) in [6, 6.07) is 0. The summed E-state index contributed by atoms with van der Waals surface area (Å²) in [5.74, 6) is -2.79. The van der Waals surface area contributed by atoms with Crippen LogP contribution in [-0.2, 0) is 47.6 Å². The molecule has 1 saturated heterocycles. The Morgan fingerprint density at radius 1 is 0.897 bits per heavy atom. The second kappa shape index (κ2) is 11.9. The topological polar surface area (TPSA) is 172 Å². The first-order chi connectivity index (χ1) is 13.6. The van der Waals surface area contributed by atoms with E-state index in [1.807, 2.05) is 0 Å². The first kappa shape index (κ1) is 24.2. The van der Waals surface area contributed by atoms with Crippen LogP contribution in [0.5, 0.6) is 0 Å². The van der Waals surface area contributed by atoms with Gasteiger partial charge in [-0.15, -0.1) is 0 Å². The van der Waals surface area contributed by atoms with Crippen molar-refractivity contribution in [2.45, 2.75) is 58.4 Å². The zero-order valence-electron chi connectivity index (χ0n) is 16.5. The minimum absolute atomic E-state index is 0.0265. The van der Waals surface area contributed by atoms with Crippen LogP contribution in [0.2, 0.25) is 0 Å². The van der Waals surface area contributed by atoms with E-state index in [2.05, 4.69) is 5.43 Å². The van der Waals surface area contributed by atoms with Gasteiger partial charge in [-0.2, -0.15) is 10.8 Å². The smallest absolute Gasteiger partial charge is 0.303 e. The van der Waals surface area contributed by atoms with Gasteiger partial charge in [-0.1, -0.05) is 0 Å². The predicted octanol–water partition coefficient (Wildman–Crippen LogP) is -2.31. The zero-order chi connectivity index (χ0) is 22.0. The van der Waals surface area contributed by atoms with E-state index in [1.54, 1.807) is 5.22 Å². The molecule has 13 nitrogen and oxygen atoms in total. The van der Waals surface area contributed by atoms with E-state index in [1.165, 1.54) is 6.92 Å². The second-order valence-electron chi connectivity index (χ2n) is 5.98. The van der Waals surface area contributed by atoms with E-state index in [-0.39, 0.29) is 19.8 Å². The van der Waals surface area contributed by atoms with Crippen molar-refractivity contribution in [2.75, 3.05) is 19.8 Å². The van der Waals surface area contributed by atoms with Crippen LogP contribution in [-0.4, -0.2) is 74.3 Å². The van der Waals surface area contributed by atoms with Gasteiger partial charge in [0.05, 0.1) is 6.61 Å². The summed E-state index contributed by atoms with van der Waals surface area (Å²) in [6.07, 6.45) is -6.14. The van der Waals surface area contributed by atoms with Crippen molar-refractivity contribution in [3.8, 4) is 0 Å². The Bertz CT molecular complexity index is 614. The first-order valence-corrected chi connectivity index (χ1v) is 8.69. The fourth-order valence-corrected chi connectivity index (χ4v) is 2.60. The molecule has 2 N–H and O–H groups in total. The Morgan fingerprint density at radius 2 is 1.45 bits per heavy atom. The molecule has 29 heavy (non-hydrogen) atoms. The molecule has 13 heteroatoms. The minimum Gasteiger partial charge on any atom is -0.463 e. The molecule has 5 atom stereocenters. The molecule has 0 radical (unpaired) electrons. The summed E-state index contributed by atoms with van der Waals surface area (Å²) in [5, 5.41) is 1.71. The number of hydrazine groups is 1. The Morgan fingerprint density at radius 3 is 1.97 bits per heavy atom. The molecule has 0 aromatic rings. The van der Waals surface area contributed by atoms with Crippen molar-refractivity contribution < 1.29 is 52.8 Å². The predicted molar refractivity (Wildman–Crippen MR) is 90.2 cm³/mol. The third-order valence-electron chi connectivity index (χ3n) is 3.54. The highest BCUT2D eigenvalue weighted by atomic mass is 16.7. The number of ether oxygens (including phenoxy) is 6. The number of carbonyl (C=O) groups is 4. The average Bonchev–Trinajstić information content (AvgIpc) is 2.60. The van der Waals surface area contributed by atoms with Crippen LogP contribution in [0.4, 0.5) is 0 Å². The number of hydrogen-bond donors (Lipinski definition) is 2. The Balaban J connectivity index is 3.19. The number of hydrogen-bond acceptors (Lipinski definition) is 10. The summed E-state index contributed by atoms with van der Waals surface area (Å²) in [5.41, 5.74) is 10.9.